The minimum absolute atomic E-state index is 0. The van der Waals surface area contributed by atoms with Crippen LogP contribution in [0.1, 0.15) is 33.3 Å². The van der Waals surface area contributed by atoms with Gasteiger partial charge in [-0.1, -0.05) is 18.2 Å². The van der Waals surface area contributed by atoms with Crippen LogP contribution < -0.4 is 10.6 Å². The Balaban J connectivity index is 0.00000320. The summed E-state index contributed by atoms with van der Waals surface area (Å²) in [5.74, 6) is 0.738. The molecule has 2 heterocycles. The topological polar surface area (TPSA) is 83.8 Å². The Kier molecular flexibility index (Phi) is 8.51. The summed E-state index contributed by atoms with van der Waals surface area (Å²) in [5, 5.41) is 6.67. The summed E-state index contributed by atoms with van der Waals surface area (Å²) in [7, 11) is 0. The van der Waals surface area contributed by atoms with Crippen molar-refractivity contribution in [2.24, 2.45) is 4.99 Å². The smallest absolute Gasteiger partial charge is 0.410 e. The zero-order chi connectivity index (χ0) is 20.9. The van der Waals surface area contributed by atoms with E-state index in [0.29, 0.717) is 19.6 Å². The molecule has 2 N–H and O–H groups in total. The van der Waals surface area contributed by atoms with Crippen LogP contribution in [0.15, 0.2) is 48.0 Å². The largest absolute Gasteiger partial charge is 0.444 e. The number of nitrogens with one attached hydrogen (secondary N) is 2. The maximum absolute atomic E-state index is 12.1. The number of ether oxygens (including phenoxy) is 1. The highest BCUT2D eigenvalue weighted by molar-refractivity contribution is 14.0. The third kappa shape index (κ3) is 6.61. The molecule has 0 bridgehead atoms. The first kappa shape index (κ1) is 24.0. The predicted molar refractivity (Wildman–Crippen MR) is 129 cm³/mol. The van der Waals surface area contributed by atoms with Gasteiger partial charge in [0, 0.05) is 32.0 Å². The summed E-state index contributed by atoms with van der Waals surface area (Å²) >= 11 is 0. The molecule has 30 heavy (non-hydrogen) atoms. The molecule has 1 aliphatic heterocycles. The molecule has 0 radical (unpaired) electrons. The molecule has 1 aromatic heterocycles. The van der Waals surface area contributed by atoms with Crippen LogP contribution in [0.2, 0.25) is 0 Å². The van der Waals surface area contributed by atoms with Gasteiger partial charge in [0.2, 0.25) is 0 Å². The Morgan fingerprint density at radius 3 is 2.67 bits per heavy atom. The number of para-hydroxylation sites is 1. The van der Waals surface area contributed by atoms with Crippen molar-refractivity contribution in [1.29, 1.82) is 0 Å². The molecule has 0 aliphatic carbocycles. The van der Waals surface area contributed by atoms with Gasteiger partial charge in [-0.05, 0) is 39.3 Å². The molecule has 1 aromatic carbocycles. The van der Waals surface area contributed by atoms with E-state index >= 15 is 0 Å². The summed E-state index contributed by atoms with van der Waals surface area (Å²) in [6.45, 7) is 10.2. The number of halogens is 1. The third-order valence-corrected chi connectivity index (χ3v) is 4.40. The molecule has 3 rings (SSSR count). The highest BCUT2D eigenvalue weighted by atomic mass is 127. The molecule has 2 aromatic rings. The lowest BCUT2D eigenvalue weighted by Gasteiger charge is -2.40. The Morgan fingerprint density at radius 1 is 1.30 bits per heavy atom. The molecule has 1 amide bonds. The number of hydrogen-bond donors (Lipinski definition) is 2. The first-order valence-electron chi connectivity index (χ1n) is 9.94. The molecule has 164 valence electrons. The molecule has 9 heteroatoms. The van der Waals surface area contributed by atoms with Crippen molar-refractivity contribution in [3.05, 3.63) is 48.5 Å². The van der Waals surface area contributed by atoms with Crippen LogP contribution in [-0.4, -0.2) is 57.8 Å². The van der Waals surface area contributed by atoms with E-state index in [-0.39, 0.29) is 36.1 Å². The van der Waals surface area contributed by atoms with Crippen molar-refractivity contribution in [2.75, 3.05) is 19.6 Å². The summed E-state index contributed by atoms with van der Waals surface area (Å²) in [6, 6.07) is 8.29. The van der Waals surface area contributed by atoms with Crippen LogP contribution in [0.5, 0.6) is 0 Å². The van der Waals surface area contributed by atoms with Crippen molar-refractivity contribution in [2.45, 2.75) is 45.9 Å². The SMILES string of the molecule is CCNC(=NCc1ccccc1-n1ccnc1)NC1CN(C(=O)OC(C)(C)C)C1.I. The number of benzene rings is 1. The molecule has 8 nitrogen and oxygen atoms in total. The fourth-order valence-corrected chi connectivity index (χ4v) is 3.02. The second kappa shape index (κ2) is 10.6. The maximum Gasteiger partial charge on any atom is 0.410 e. The average molecular weight is 526 g/mol. The van der Waals surface area contributed by atoms with Gasteiger partial charge < -0.3 is 24.8 Å². The van der Waals surface area contributed by atoms with Gasteiger partial charge in [-0.15, -0.1) is 24.0 Å². The van der Waals surface area contributed by atoms with Gasteiger partial charge in [-0.2, -0.15) is 0 Å². The molecule has 0 saturated carbocycles. The van der Waals surface area contributed by atoms with Gasteiger partial charge in [-0.3, -0.25) is 0 Å². The second-order valence-electron chi connectivity index (χ2n) is 8.02. The monoisotopic (exact) mass is 526 g/mol. The first-order valence-corrected chi connectivity index (χ1v) is 9.94. The zero-order valence-corrected chi connectivity index (χ0v) is 20.3. The summed E-state index contributed by atoms with van der Waals surface area (Å²) in [6.07, 6.45) is 5.20. The maximum atomic E-state index is 12.1. The molecule has 1 aliphatic rings. The standard InChI is InChI=1S/C21H30N6O2.HI/c1-5-23-19(25-17-13-27(14-17)20(28)29-21(2,3)4)24-12-16-8-6-7-9-18(16)26-11-10-22-15-26;/h6-11,15,17H,5,12-14H2,1-4H3,(H2,23,24,25);1H. The lowest BCUT2D eigenvalue weighted by atomic mass is 10.1. The van der Waals surface area contributed by atoms with E-state index in [0.717, 1.165) is 23.8 Å². The second-order valence-corrected chi connectivity index (χ2v) is 8.02. The van der Waals surface area contributed by atoms with Crippen molar-refractivity contribution in [3.8, 4) is 5.69 Å². The van der Waals surface area contributed by atoms with Crippen LogP contribution in [0.25, 0.3) is 5.69 Å². The fourth-order valence-electron chi connectivity index (χ4n) is 3.02. The van der Waals surface area contributed by atoms with Gasteiger partial charge in [-0.25, -0.2) is 14.8 Å². The summed E-state index contributed by atoms with van der Waals surface area (Å²) < 4.78 is 7.38. The molecule has 1 fully saturated rings. The van der Waals surface area contributed by atoms with E-state index in [9.17, 15) is 4.79 Å². The summed E-state index contributed by atoms with van der Waals surface area (Å²) in [5.41, 5.74) is 1.69. The van der Waals surface area contributed by atoms with Gasteiger partial charge in [0.05, 0.1) is 24.6 Å². The van der Waals surface area contributed by atoms with Crippen molar-refractivity contribution < 1.29 is 9.53 Å². The number of likely N-dealkylation sites (tertiary alicyclic amines) is 1. The van der Waals surface area contributed by atoms with Gasteiger partial charge >= 0.3 is 6.09 Å². The Labute approximate surface area is 195 Å². The van der Waals surface area contributed by atoms with E-state index in [2.05, 4.69) is 27.8 Å². The van der Waals surface area contributed by atoms with Crippen molar-refractivity contribution >= 4 is 36.0 Å². The molecule has 0 spiro atoms. The molecule has 0 unspecified atom stereocenters. The van der Waals surface area contributed by atoms with Crippen LogP contribution in [0, 0.1) is 0 Å². The van der Waals surface area contributed by atoms with E-state index in [4.69, 9.17) is 9.73 Å². The molecular formula is C21H31IN6O2. The number of rotatable bonds is 5. The number of nitrogens with zero attached hydrogens (tertiary/aromatic N) is 4. The highest BCUT2D eigenvalue weighted by Gasteiger charge is 2.34. The summed E-state index contributed by atoms with van der Waals surface area (Å²) in [4.78, 5) is 22.6. The first-order chi connectivity index (χ1) is 13.9. The number of aliphatic imine (C=N–C) groups is 1. The average Bonchev–Trinajstić information content (AvgIpc) is 3.15. The Bertz CT molecular complexity index is 841. The van der Waals surface area contributed by atoms with Gasteiger partial charge in [0.1, 0.15) is 5.60 Å². The van der Waals surface area contributed by atoms with Crippen LogP contribution in [0.4, 0.5) is 4.79 Å². The van der Waals surface area contributed by atoms with Crippen LogP contribution >= 0.6 is 24.0 Å². The Morgan fingerprint density at radius 2 is 2.03 bits per heavy atom. The van der Waals surface area contributed by atoms with Crippen LogP contribution in [-0.2, 0) is 11.3 Å². The van der Waals surface area contributed by atoms with E-state index in [1.807, 2.05) is 50.6 Å². The quantitative estimate of drug-likeness (QED) is 0.356. The predicted octanol–water partition coefficient (Wildman–Crippen LogP) is 3.16. The van der Waals surface area contributed by atoms with Gasteiger partial charge in [0.25, 0.3) is 0 Å². The van der Waals surface area contributed by atoms with Crippen molar-refractivity contribution in [1.82, 2.24) is 25.1 Å². The third-order valence-electron chi connectivity index (χ3n) is 4.40. The van der Waals surface area contributed by atoms with E-state index in [1.54, 1.807) is 17.4 Å². The number of amides is 1. The van der Waals surface area contributed by atoms with E-state index in [1.165, 1.54) is 0 Å². The number of aromatic nitrogens is 2. The molecule has 0 atom stereocenters. The number of carbonyl (C=O) groups is 1. The molecule has 1 saturated heterocycles. The lowest BCUT2D eigenvalue weighted by molar-refractivity contribution is 0.00701. The Hall–Kier alpha value is -2.30. The number of imidazole rings is 1. The van der Waals surface area contributed by atoms with Crippen molar-refractivity contribution in [3.63, 3.8) is 0 Å². The van der Waals surface area contributed by atoms with E-state index < -0.39 is 5.60 Å². The zero-order valence-electron chi connectivity index (χ0n) is 18.0. The number of carbonyl (C=O) groups excluding carboxylic acids is 1. The number of guanidine groups is 1. The van der Waals surface area contributed by atoms with Crippen LogP contribution in [0.3, 0.4) is 0 Å². The number of hydrogen-bond acceptors (Lipinski definition) is 4. The highest BCUT2D eigenvalue weighted by Crippen LogP contribution is 2.16. The molecular weight excluding hydrogens is 495 g/mol. The van der Waals surface area contributed by atoms with Gasteiger partial charge in [0.15, 0.2) is 5.96 Å². The normalized spacial score (nSPS) is 14.5. The minimum Gasteiger partial charge on any atom is -0.444 e. The lowest BCUT2D eigenvalue weighted by Crippen LogP contribution is -2.63. The fraction of sp³-hybridized carbons (Fsp3) is 0.476. The minimum atomic E-state index is -0.478.